The fourth-order valence-electron chi connectivity index (χ4n) is 5.04. The number of para-hydroxylation sites is 1. The Kier molecular flexibility index (Phi) is 4.16. The highest BCUT2D eigenvalue weighted by Gasteiger charge is 2.69. The minimum Gasteiger partial charge on any atom is -0.480 e. The van der Waals surface area contributed by atoms with Crippen molar-refractivity contribution in [2.75, 3.05) is 7.05 Å². The van der Waals surface area contributed by atoms with Crippen LogP contribution in [-0.4, -0.2) is 50.9 Å². The summed E-state index contributed by atoms with van der Waals surface area (Å²) in [6.45, 7) is 4.90. The number of benzene rings is 1. The molecule has 2 N–H and O–H groups in total. The number of carboxylic acids is 1. The van der Waals surface area contributed by atoms with Crippen LogP contribution in [0.4, 0.5) is 0 Å². The third-order valence-corrected chi connectivity index (χ3v) is 6.50. The average Bonchev–Trinajstić information content (AvgIpc) is 3.29. The van der Waals surface area contributed by atoms with Gasteiger partial charge in [0.2, 0.25) is 17.7 Å². The summed E-state index contributed by atoms with van der Waals surface area (Å²) in [6.07, 6.45) is 1.65. The second kappa shape index (κ2) is 6.25. The molecule has 3 heterocycles. The van der Waals surface area contributed by atoms with Gasteiger partial charge in [0.25, 0.3) is 0 Å². The fraction of sp³-hybridized carbons (Fsp3) is 0.429. The summed E-state index contributed by atoms with van der Waals surface area (Å²) < 4.78 is 1.49. The maximum atomic E-state index is 13.0. The van der Waals surface area contributed by atoms with E-state index in [0.29, 0.717) is 11.1 Å². The largest absolute Gasteiger partial charge is 0.480 e. The number of likely N-dealkylation sites (tertiary alicyclic amines) is 1. The standard InChI is InChI=1S/C21H23N3O5/c1-10(2)21(20(28)29)16-15(18(26)23(4)19(16)27)17(22-21)13-9-24(11(3)25)14-8-6-5-7-12(13)14/h5-10,15-17,22H,1-4H3,(H,28,29). The van der Waals surface area contributed by atoms with Crippen molar-refractivity contribution in [1.29, 1.82) is 0 Å². The highest BCUT2D eigenvalue weighted by molar-refractivity contribution is 6.09. The lowest BCUT2D eigenvalue weighted by molar-refractivity contribution is -0.153. The number of rotatable bonds is 3. The van der Waals surface area contributed by atoms with E-state index in [1.807, 2.05) is 18.2 Å². The number of hydrogen-bond donors (Lipinski definition) is 2. The summed E-state index contributed by atoms with van der Waals surface area (Å²) in [6, 6.07) is 6.56. The number of carboxylic acid groups (broad SMARTS) is 1. The van der Waals surface area contributed by atoms with Gasteiger partial charge in [0, 0.05) is 31.6 Å². The zero-order valence-electron chi connectivity index (χ0n) is 16.7. The number of aliphatic carboxylic acids is 1. The molecule has 4 atom stereocenters. The van der Waals surface area contributed by atoms with E-state index in [9.17, 15) is 24.3 Å². The van der Waals surface area contributed by atoms with Gasteiger partial charge in [-0.25, -0.2) is 0 Å². The van der Waals surface area contributed by atoms with Gasteiger partial charge in [-0.2, -0.15) is 0 Å². The van der Waals surface area contributed by atoms with Gasteiger partial charge in [-0.15, -0.1) is 0 Å². The van der Waals surface area contributed by atoms with Gasteiger partial charge < -0.3 is 5.11 Å². The predicted molar refractivity (Wildman–Crippen MR) is 104 cm³/mol. The van der Waals surface area contributed by atoms with E-state index < -0.39 is 47.1 Å². The summed E-state index contributed by atoms with van der Waals surface area (Å²) in [5.74, 6) is -4.54. The number of nitrogens with zero attached hydrogens (tertiary/aromatic N) is 2. The van der Waals surface area contributed by atoms with Crippen molar-refractivity contribution in [3.63, 3.8) is 0 Å². The van der Waals surface area contributed by atoms with E-state index >= 15 is 0 Å². The SMILES string of the molecule is CC(=O)n1cc(C2NC(C(=O)O)(C(C)C)C3C(=O)N(C)C(=O)C23)c2ccccc21. The molecule has 2 aromatic rings. The summed E-state index contributed by atoms with van der Waals surface area (Å²) in [7, 11) is 1.39. The summed E-state index contributed by atoms with van der Waals surface area (Å²) in [5.41, 5.74) is -0.256. The van der Waals surface area contributed by atoms with E-state index in [4.69, 9.17) is 0 Å². The molecule has 0 aliphatic carbocycles. The van der Waals surface area contributed by atoms with Crippen LogP contribution in [0.3, 0.4) is 0 Å². The monoisotopic (exact) mass is 397 g/mol. The van der Waals surface area contributed by atoms with Crippen LogP contribution in [0.2, 0.25) is 0 Å². The van der Waals surface area contributed by atoms with Crippen molar-refractivity contribution in [2.24, 2.45) is 17.8 Å². The molecule has 1 aromatic heterocycles. The fourth-order valence-corrected chi connectivity index (χ4v) is 5.04. The molecule has 8 heteroatoms. The van der Waals surface area contributed by atoms with Gasteiger partial charge in [0.15, 0.2) is 0 Å². The quantitative estimate of drug-likeness (QED) is 0.763. The molecule has 2 fully saturated rings. The first-order valence-corrected chi connectivity index (χ1v) is 9.56. The van der Waals surface area contributed by atoms with Crippen LogP contribution in [0.1, 0.15) is 37.2 Å². The molecule has 2 aliphatic rings. The first-order chi connectivity index (χ1) is 13.6. The Morgan fingerprint density at radius 1 is 1.17 bits per heavy atom. The van der Waals surface area contributed by atoms with Gasteiger partial charge in [-0.1, -0.05) is 32.0 Å². The Balaban J connectivity index is 1.97. The molecule has 0 spiro atoms. The molecule has 2 amide bonds. The molecule has 2 aliphatic heterocycles. The molecule has 29 heavy (non-hydrogen) atoms. The summed E-state index contributed by atoms with van der Waals surface area (Å²) in [5, 5.41) is 14.0. The van der Waals surface area contributed by atoms with Crippen molar-refractivity contribution in [3.8, 4) is 0 Å². The third-order valence-electron chi connectivity index (χ3n) is 6.50. The van der Waals surface area contributed by atoms with Crippen molar-refractivity contribution >= 4 is 34.6 Å². The maximum Gasteiger partial charge on any atom is 0.325 e. The first kappa shape index (κ1) is 19.3. The van der Waals surface area contributed by atoms with Crippen LogP contribution in [0, 0.1) is 17.8 Å². The number of aromatic nitrogens is 1. The van der Waals surface area contributed by atoms with Crippen molar-refractivity contribution in [1.82, 2.24) is 14.8 Å². The van der Waals surface area contributed by atoms with Gasteiger partial charge in [-0.05, 0) is 17.5 Å². The van der Waals surface area contributed by atoms with E-state index in [-0.39, 0.29) is 5.91 Å². The number of nitrogens with one attached hydrogen (secondary N) is 1. The molecular weight excluding hydrogens is 374 g/mol. The molecule has 4 rings (SSSR count). The number of hydrogen-bond acceptors (Lipinski definition) is 5. The van der Waals surface area contributed by atoms with Crippen LogP contribution in [0.15, 0.2) is 30.5 Å². The highest BCUT2D eigenvalue weighted by atomic mass is 16.4. The number of fused-ring (bicyclic) bond motifs is 2. The highest BCUT2D eigenvalue weighted by Crippen LogP contribution is 2.52. The number of carbonyl (C=O) groups excluding carboxylic acids is 3. The van der Waals surface area contributed by atoms with Crippen LogP contribution in [0.25, 0.3) is 10.9 Å². The average molecular weight is 397 g/mol. The molecule has 2 saturated heterocycles. The van der Waals surface area contributed by atoms with Crippen LogP contribution in [-0.2, 0) is 14.4 Å². The minimum absolute atomic E-state index is 0.193. The van der Waals surface area contributed by atoms with Crippen LogP contribution < -0.4 is 5.32 Å². The van der Waals surface area contributed by atoms with Gasteiger partial charge >= 0.3 is 5.97 Å². The molecular formula is C21H23N3O5. The Morgan fingerprint density at radius 3 is 2.41 bits per heavy atom. The molecule has 152 valence electrons. The lowest BCUT2D eigenvalue weighted by atomic mass is 9.73. The van der Waals surface area contributed by atoms with Crippen LogP contribution in [0.5, 0.6) is 0 Å². The van der Waals surface area contributed by atoms with Gasteiger partial charge in [0.1, 0.15) is 5.54 Å². The summed E-state index contributed by atoms with van der Waals surface area (Å²) >= 11 is 0. The topological polar surface area (TPSA) is 109 Å². The zero-order chi connectivity index (χ0) is 21.2. The molecule has 0 saturated carbocycles. The lowest BCUT2D eigenvalue weighted by Crippen LogP contribution is -2.59. The smallest absolute Gasteiger partial charge is 0.325 e. The number of amides is 2. The van der Waals surface area contributed by atoms with Crippen molar-refractivity contribution < 1.29 is 24.3 Å². The Labute approximate surface area is 167 Å². The van der Waals surface area contributed by atoms with Crippen molar-refractivity contribution in [3.05, 3.63) is 36.0 Å². The summed E-state index contributed by atoms with van der Waals surface area (Å²) in [4.78, 5) is 51.5. The Morgan fingerprint density at radius 2 is 1.83 bits per heavy atom. The van der Waals surface area contributed by atoms with Gasteiger partial charge in [-0.3, -0.25) is 34.0 Å². The number of carbonyl (C=O) groups is 4. The van der Waals surface area contributed by atoms with E-state index in [1.165, 1.54) is 18.5 Å². The minimum atomic E-state index is -1.58. The second-order valence-corrected chi connectivity index (χ2v) is 8.18. The second-order valence-electron chi connectivity index (χ2n) is 8.18. The Hall–Kier alpha value is -3.00. The predicted octanol–water partition coefficient (Wildman–Crippen LogP) is 1.66. The van der Waals surface area contributed by atoms with Crippen molar-refractivity contribution in [2.45, 2.75) is 32.4 Å². The first-order valence-electron chi connectivity index (χ1n) is 9.56. The van der Waals surface area contributed by atoms with Crippen LogP contribution >= 0.6 is 0 Å². The molecule has 1 aromatic carbocycles. The van der Waals surface area contributed by atoms with Gasteiger partial charge in [0.05, 0.1) is 17.4 Å². The Bertz CT molecular complexity index is 1070. The number of imide groups is 1. The molecule has 0 radical (unpaired) electrons. The lowest BCUT2D eigenvalue weighted by Gasteiger charge is -2.34. The molecule has 8 nitrogen and oxygen atoms in total. The van der Waals surface area contributed by atoms with E-state index in [2.05, 4.69) is 5.32 Å². The normalized spacial score (nSPS) is 29.1. The van der Waals surface area contributed by atoms with E-state index in [1.54, 1.807) is 26.1 Å². The zero-order valence-corrected chi connectivity index (χ0v) is 16.7. The van der Waals surface area contributed by atoms with E-state index in [0.717, 1.165) is 10.3 Å². The molecule has 4 unspecified atom stereocenters. The molecule has 0 bridgehead atoms. The third kappa shape index (κ3) is 2.35. The maximum absolute atomic E-state index is 13.0.